The standard InChI is InChI=1S/C33H45NO3/c1-4-6-8-9-23-36-31-20-18-30(19-21-31)29-16-14-28(15-17-29)27-12-10-26(11-13-27)24-37-32(35)33(3,25-34)22-7-5-2/h14-21,26-27H,4-13,22-24H2,1-3H3. The molecule has 0 spiro atoms. The second-order valence-electron chi connectivity index (χ2n) is 10.9. The third-order valence-electron chi connectivity index (χ3n) is 7.86. The van der Waals surface area contributed by atoms with E-state index in [0.29, 0.717) is 24.9 Å². The molecule has 1 unspecified atom stereocenters. The molecule has 0 bridgehead atoms. The molecular formula is C33H45NO3. The van der Waals surface area contributed by atoms with E-state index in [1.165, 1.54) is 36.0 Å². The smallest absolute Gasteiger partial charge is 0.326 e. The van der Waals surface area contributed by atoms with Gasteiger partial charge in [-0.3, -0.25) is 4.79 Å². The summed E-state index contributed by atoms with van der Waals surface area (Å²) in [6.07, 6.45) is 11.6. The molecule has 2 aromatic rings. The van der Waals surface area contributed by atoms with E-state index >= 15 is 0 Å². The van der Waals surface area contributed by atoms with Gasteiger partial charge in [0.15, 0.2) is 5.41 Å². The van der Waals surface area contributed by atoms with E-state index < -0.39 is 5.41 Å². The maximum absolute atomic E-state index is 12.5. The van der Waals surface area contributed by atoms with Crippen LogP contribution in [0.15, 0.2) is 48.5 Å². The Morgan fingerprint density at radius 2 is 1.51 bits per heavy atom. The largest absolute Gasteiger partial charge is 0.494 e. The Morgan fingerprint density at radius 3 is 2.11 bits per heavy atom. The van der Waals surface area contributed by atoms with Crippen LogP contribution in [0.5, 0.6) is 5.75 Å². The van der Waals surface area contributed by atoms with Gasteiger partial charge in [0.1, 0.15) is 5.75 Å². The molecule has 37 heavy (non-hydrogen) atoms. The summed E-state index contributed by atoms with van der Waals surface area (Å²) in [4.78, 5) is 12.5. The molecule has 0 amide bonds. The number of carbonyl (C=O) groups is 1. The van der Waals surface area contributed by atoms with Crippen molar-refractivity contribution in [1.29, 1.82) is 5.26 Å². The summed E-state index contributed by atoms with van der Waals surface area (Å²) in [5, 5.41) is 9.48. The number of nitriles is 1. The maximum atomic E-state index is 12.5. The number of hydrogen-bond acceptors (Lipinski definition) is 4. The predicted octanol–water partition coefficient (Wildman–Crippen LogP) is 8.85. The van der Waals surface area contributed by atoms with Gasteiger partial charge >= 0.3 is 5.97 Å². The molecule has 0 aliphatic heterocycles. The molecule has 0 heterocycles. The van der Waals surface area contributed by atoms with Crippen LogP contribution in [0.3, 0.4) is 0 Å². The Balaban J connectivity index is 1.44. The fourth-order valence-corrected chi connectivity index (χ4v) is 5.16. The highest BCUT2D eigenvalue weighted by molar-refractivity contribution is 5.79. The molecule has 1 aliphatic carbocycles. The van der Waals surface area contributed by atoms with Crippen LogP contribution in [0.2, 0.25) is 0 Å². The molecule has 1 saturated carbocycles. The van der Waals surface area contributed by atoms with E-state index in [9.17, 15) is 10.1 Å². The molecule has 2 aromatic carbocycles. The molecule has 0 radical (unpaired) electrons. The van der Waals surface area contributed by atoms with Gasteiger partial charge in [-0.05, 0) is 86.1 Å². The van der Waals surface area contributed by atoms with Crippen molar-refractivity contribution in [1.82, 2.24) is 0 Å². The average molecular weight is 504 g/mol. The third-order valence-corrected chi connectivity index (χ3v) is 7.86. The van der Waals surface area contributed by atoms with Crippen LogP contribution in [0.1, 0.15) is 103 Å². The first-order valence-corrected chi connectivity index (χ1v) is 14.4. The Hall–Kier alpha value is -2.80. The minimum Gasteiger partial charge on any atom is -0.494 e. The lowest BCUT2D eigenvalue weighted by Crippen LogP contribution is -2.30. The summed E-state index contributed by atoms with van der Waals surface area (Å²) in [7, 11) is 0. The second kappa shape index (κ2) is 14.8. The first-order chi connectivity index (χ1) is 18.0. The normalized spacial score (nSPS) is 19.0. The van der Waals surface area contributed by atoms with E-state index in [0.717, 1.165) is 57.3 Å². The Kier molecular flexibility index (Phi) is 11.5. The van der Waals surface area contributed by atoms with E-state index in [1.54, 1.807) is 6.92 Å². The molecular weight excluding hydrogens is 458 g/mol. The Bertz CT molecular complexity index is 984. The molecule has 4 heteroatoms. The number of ether oxygens (including phenoxy) is 2. The van der Waals surface area contributed by atoms with Gasteiger partial charge in [-0.2, -0.15) is 5.26 Å². The Labute approximate surface area is 224 Å². The molecule has 1 aliphatic rings. The van der Waals surface area contributed by atoms with E-state index in [1.807, 2.05) is 0 Å². The fraction of sp³-hybridized carbons (Fsp3) is 0.576. The van der Waals surface area contributed by atoms with Gasteiger partial charge in [0.25, 0.3) is 0 Å². The van der Waals surface area contributed by atoms with E-state index in [2.05, 4.69) is 68.4 Å². The summed E-state index contributed by atoms with van der Waals surface area (Å²) in [5.74, 6) is 1.53. The van der Waals surface area contributed by atoms with E-state index in [4.69, 9.17) is 9.47 Å². The summed E-state index contributed by atoms with van der Waals surface area (Å²) >= 11 is 0. The van der Waals surface area contributed by atoms with Gasteiger partial charge in [0.2, 0.25) is 0 Å². The Morgan fingerprint density at radius 1 is 0.892 bits per heavy atom. The lowest BCUT2D eigenvalue weighted by molar-refractivity contribution is -0.153. The summed E-state index contributed by atoms with van der Waals surface area (Å²) < 4.78 is 11.5. The minimum absolute atomic E-state index is 0.354. The number of esters is 1. The topological polar surface area (TPSA) is 59.3 Å². The number of unbranched alkanes of at least 4 members (excludes halogenated alkanes) is 4. The van der Waals surface area contributed by atoms with Crippen LogP contribution in [0.25, 0.3) is 11.1 Å². The van der Waals surface area contributed by atoms with Gasteiger partial charge in [-0.1, -0.05) is 82.3 Å². The monoisotopic (exact) mass is 503 g/mol. The lowest BCUT2D eigenvalue weighted by atomic mass is 9.78. The minimum atomic E-state index is -1.02. The van der Waals surface area contributed by atoms with Crippen LogP contribution in [-0.4, -0.2) is 19.2 Å². The molecule has 1 fully saturated rings. The van der Waals surface area contributed by atoms with Crippen molar-refractivity contribution >= 4 is 5.97 Å². The van der Waals surface area contributed by atoms with E-state index in [-0.39, 0.29) is 5.97 Å². The zero-order chi connectivity index (χ0) is 26.5. The van der Waals surface area contributed by atoms with Gasteiger partial charge in [-0.15, -0.1) is 0 Å². The van der Waals surface area contributed by atoms with Crippen LogP contribution < -0.4 is 4.74 Å². The molecule has 4 nitrogen and oxygen atoms in total. The summed E-state index contributed by atoms with van der Waals surface area (Å²) in [6, 6.07) is 19.6. The number of hydrogen-bond donors (Lipinski definition) is 0. The number of rotatable bonds is 14. The third kappa shape index (κ3) is 8.63. The first-order valence-electron chi connectivity index (χ1n) is 14.4. The highest BCUT2D eigenvalue weighted by Gasteiger charge is 2.35. The molecule has 1 atom stereocenters. The highest BCUT2D eigenvalue weighted by Crippen LogP contribution is 2.37. The highest BCUT2D eigenvalue weighted by atomic mass is 16.5. The van der Waals surface area contributed by atoms with Crippen LogP contribution in [0.4, 0.5) is 0 Å². The SMILES string of the molecule is CCCCCCOc1ccc(-c2ccc(C3CCC(COC(=O)C(C)(C#N)CCCC)CC3)cc2)cc1. The van der Waals surface area contributed by atoms with Gasteiger partial charge < -0.3 is 9.47 Å². The van der Waals surface area contributed by atoms with Crippen LogP contribution >= 0.6 is 0 Å². The second-order valence-corrected chi connectivity index (χ2v) is 10.9. The maximum Gasteiger partial charge on any atom is 0.326 e. The van der Waals surface area contributed by atoms with Crippen molar-refractivity contribution < 1.29 is 14.3 Å². The lowest BCUT2D eigenvalue weighted by Gasteiger charge is -2.29. The van der Waals surface area contributed by atoms with Crippen molar-refractivity contribution in [3.63, 3.8) is 0 Å². The first kappa shape index (κ1) is 28.8. The van der Waals surface area contributed by atoms with Crippen molar-refractivity contribution in [2.75, 3.05) is 13.2 Å². The van der Waals surface area contributed by atoms with Crippen molar-refractivity contribution in [3.05, 3.63) is 54.1 Å². The van der Waals surface area contributed by atoms with Crippen LogP contribution in [0, 0.1) is 22.7 Å². The zero-order valence-corrected chi connectivity index (χ0v) is 23.1. The van der Waals surface area contributed by atoms with Crippen molar-refractivity contribution in [3.8, 4) is 22.9 Å². The number of benzene rings is 2. The quantitative estimate of drug-likeness (QED) is 0.191. The molecule has 3 rings (SSSR count). The summed E-state index contributed by atoms with van der Waals surface area (Å²) in [5.41, 5.74) is 2.81. The summed E-state index contributed by atoms with van der Waals surface area (Å²) in [6.45, 7) is 7.23. The molecule has 0 N–H and O–H groups in total. The fourth-order valence-electron chi connectivity index (χ4n) is 5.16. The van der Waals surface area contributed by atoms with Gasteiger partial charge in [0, 0.05) is 0 Å². The molecule has 0 aromatic heterocycles. The number of carbonyl (C=O) groups excluding carboxylic acids is 1. The van der Waals surface area contributed by atoms with Crippen LogP contribution in [-0.2, 0) is 9.53 Å². The van der Waals surface area contributed by atoms with Crippen molar-refractivity contribution in [2.24, 2.45) is 11.3 Å². The number of nitrogens with zero attached hydrogens (tertiary/aromatic N) is 1. The van der Waals surface area contributed by atoms with Crippen molar-refractivity contribution in [2.45, 2.75) is 97.3 Å². The predicted molar refractivity (Wildman–Crippen MR) is 150 cm³/mol. The average Bonchev–Trinajstić information content (AvgIpc) is 2.95. The molecule has 200 valence electrons. The zero-order valence-electron chi connectivity index (χ0n) is 23.1. The van der Waals surface area contributed by atoms with Gasteiger partial charge in [0.05, 0.1) is 19.3 Å². The molecule has 0 saturated heterocycles. The van der Waals surface area contributed by atoms with Gasteiger partial charge in [-0.25, -0.2) is 0 Å².